The summed E-state index contributed by atoms with van der Waals surface area (Å²) in [6, 6.07) is 2.07. The fourth-order valence-corrected chi connectivity index (χ4v) is 4.36. The molecule has 0 aromatic carbocycles. The normalized spacial score (nSPS) is 18.0. The fraction of sp³-hybridized carbons (Fsp3) is 0.455. The van der Waals surface area contributed by atoms with E-state index >= 15 is 0 Å². The first-order valence-electron chi connectivity index (χ1n) is 6.02. The Morgan fingerprint density at radius 1 is 1.58 bits per heavy atom. The lowest BCUT2D eigenvalue weighted by molar-refractivity contribution is -0.120. The lowest BCUT2D eigenvalue weighted by Gasteiger charge is -2.21. The second-order valence-electron chi connectivity index (χ2n) is 4.17. The number of carbonyl (C=O) groups excluding carboxylic acids is 1. The van der Waals surface area contributed by atoms with Gasteiger partial charge in [0.25, 0.3) is 0 Å². The van der Waals surface area contributed by atoms with Crippen molar-refractivity contribution in [3.63, 3.8) is 0 Å². The molecule has 0 aliphatic carbocycles. The van der Waals surface area contributed by atoms with Crippen LogP contribution in [0.1, 0.15) is 21.5 Å². The van der Waals surface area contributed by atoms with Gasteiger partial charge in [0, 0.05) is 17.8 Å². The highest BCUT2D eigenvalue weighted by Crippen LogP contribution is 2.39. The Kier molecular flexibility index (Phi) is 3.79. The van der Waals surface area contributed by atoms with Crippen LogP contribution in [0, 0.1) is 0 Å². The maximum absolute atomic E-state index is 12.2. The molecule has 19 heavy (non-hydrogen) atoms. The molecule has 0 fully saturated rings. The predicted molar refractivity (Wildman–Crippen MR) is 74.1 cm³/mol. The average Bonchev–Trinajstić information content (AvgIpc) is 3.08. The zero-order chi connectivity index (χ0) is 13.1. The zero-order valence-electron chi connectivity index (χ0n) is 10.1. The summed E-state index contributed by atoms with van der Waals surface area (Å²) in [6.07, 6.45) is 1.67. The van der Waals surface area contributed by atoms with Gasteiger partial charge in [-0.15, -0.1) is 33.3 Å². The van der Waals surface area contributed by atoms with E-state index in [1.54, 1.807) is 23.1 Å². The van der Waals surface area contributed by atoms with Gasteiger partial charge in [-0.25, -0.2) is 0 Å². The Hall–Kier alpha value is -1.41. The van der Waals surface area contributed by atoms with Gasteiger partial charge in [-0.1, -0.05) is 5.21 Å². The average molecular weight is 295 g/mol. The Balaban J connectivity index is 1.57. The van der Waals surface area contributed by atoms with Crippen molar-refractivity contribution in [2.24, 2.45) is 0 Å². The first-order chi connectivity index (χ1) is 9.34. The molecule has 8 heteroatoms. The number of thiophene rings is 1. The predicted octanol–water partition coefficient (Wildman–Crippen LogP) is 0.950. The van der Waals surface area contributed by atoms with Gasteiger partial charge in [0.15, 0.2) is 5.82 Å². The summed E-state index contributed by atoms with van der Waals surface area (Å²) < 4.78 is 0. The van der Waals surface area contributed by atoms with Crippen molar-refractivity contribution in [3.8, 4) is 0 Å². The standard InChI is InChI=1S/C11H13N5OS2/c17-11(12-4-1-9-13-15-16-14-9)10-7-2-5-18-8(7)3-6-19-10/h2,5,10H,1,3-4,6H2,(H,12,17)(H,13,14,15,16). The molecule has 1 unspecified atom stereocenters. The van der Waals surface area contributed by atoms with Gasteiger partial charge in [0.2, 0.25) is 5.91 Å². The van der Waals surface area contributed by atoms with E-state index < -0.39 is 0 Å². The van der Waals surface area contributed by atoms with Gasteiger partial charge in [-0.2, -0.15) is 5.21 Å². The lowest BCUT2D eigenvalue weighted by Crippen LogP contribution is -2.31. The Labute approximate surface area is 118 Å². The lowest BCUT2D eigenvalue weighted by atomic mass is 10.1. The van der Waals surface area contributed by atoms with Crippen LogP contribution in [0.4, 0.5) is 0 Å². The Bertz CT molecular complexity index is 553. The minimum Gasteiger partial charge on any atom is -0.354 e. The van der Waals surface area contributed by atoms with Gasteiger partial charge >= 0.3 is 0 Å². The molecule has 2 aromatic heterocycles. The Morgan fingerprint density at radius 2 is 2.53 bits per heavy atom. The molecule has 0 saturated carbocycles. The van der Waals surface area contributed by atoms with Crippen LogP contribution in [0.3, 0.4) is 0 Å². The maximum Gasteiger partial charge on any atom is 0.237 e. The summed E-state index contributed by atoms with van der Waals surface area (Å²) >= 11 is 3.45. The molecule has 2 aromatic rings. The van der Waals surface area contributed by atoms with Gasteiger partial charge < -0.3 is 5.32 Å². The number of aromatic amines is 1. The summed E-state index contributed by atoms with van der Waals surface area (Å²) in [5.41, 5.74) is 1.18. The largest absolute Gasteiger partial charge is 0.354 e. The quantitative estimate of drug-likeness (QED) is 0.877. The van der Waals surface area contributed by atoms with E-state index in [1.165, 1.54) is 10.4 Å². The number of aryl methyl sites for hydroxylation is 1. The van der Waals surface area contributed by atoms with E-state index in [2.05, 4.69) is 37.4 Å². The minimum atomic E-state index is -0.0692. The topological polar surface area (TPSA) is 83.6 Å². The third-order valence-electron chi connectivity index (χ3n) is 2.95. The molecular weight excluding hydrogens is 282 g/mol. The van der Waals surface area contributed by atoms with Gasteiger partial charge in [-0.3, -0.25) is 4.79 Å². The second kappa shape index (κ2) is 5.70. The number of carbonyl (C=O) groups is 1. The van der Waals surface area contributed by atoms with Crippen LogP contribution in [-0.4, -0.2) is 38.8 Å². The summed E-state index contributed by atoms with van der Waals surface area (Å²) in [5.74, 6) is 1.71. The van der Waals surface area contributed by atoms with Crippen LogP contribution >= 0.6 is 23.1 Å². The van der Waals surface area contributed by atoms with Crippen molar-refractivity contribution in [2.75, 3.05) is 12.3 Å². The summed E-state index contributed by atoms with van der Waals surface area (Å²) in [5, 5.41) is 18.5. The highest BCUT2D eigenvalue weighted by Gasteiger charge is 2.27. The molecule has 100 valence electrons. The van der Waals surface area contributed by atoms with Crippen LogP contribution < -0.4 is 5.32 Å². The SMILES string of the molecule is O=C(NCCc1nn[nH]n1)C1SCCc2sccc21. The highest BCUT2D eigenvalue weighted by molar-refractivity contribution is 8.00. The summed E-state index contributed by atoms with van der Waals surface area (Å²) in [6.45, 7) is 0.537. The number of nitrogens with one attached hydrogen (secondary N) is 2. The highest BCUT2D eigenvalue weighted by atomic mass is 32.2. The molecule has 1 amide bonds. The van der Waals surface area contributed by atoms with Crippen molar-refractivity contribution in [1.82, 2.24) is 25.9 Å². The van der Waals surface area contributed by atoms with Gasteiger partial charge in [0.1, 0.15) is 5.25 Å². The monoisotopic (exact) mass is 295 g/mol. The number of nitrogens with zero attached hydrogens (tertiary/aromatic N) is 3. The van der Waals surface area contributed by atoms with Crippen molar-refractivity contribution >= 4 is 29.0 Å². The van der Waals surface area contributed by atoms with E-state index in [0.717, 1.165) is 12.2 Å². The van der Waals surface area contributed by atoms with Crippen LogP contribution in [0.5, 0.6) is 0 Å². The van der Waals surface area contributed by atoms with E-state index in [1.807, 2.05) is 0 Å². The zero-order valence-corrected chi connectivity index (χ0v) is 11.8. The minimum absolute atomic E-state index is 0.0692. The molecule has 0 spiro atoms. The third-order valence-corrected chi connectivity index (χ3v) is 5.19. The first-order valence-corrected chi connectivity index (χ1v) is 7.95. The van der Waals surface area contributed by atoms with Crippen LogP contribution in [0.2, 0.25) is 0 Å². The number of tetrazole rings is 1. The van der Waals surface area contributed by atoms with Crippen LogP contribution in [-0.2, 0) is 17.6 Å². The second-order valence-corrected chi connectivity index (χ2v) is 6.38. The third kappa shape index (κ3) is 2.79. The van der Waals surface area contributed by atoms with E-state index in [9.17, 15) is 4.79 Å². The van der Waals surface area contributed by atoms with Crippen molar-refractivity contribution in [2.45, 2.75) is 18.1 Å². The van der Waals surface area contributed by atoms with Crippen molar-refractivity contribution < 1.29 is 4.79 Å². The van der Waals surface area contributed by atoms with Crippen molar-refractivity contribution in [1.29, 1.82) is 0 Å². The van der Waals surface area contributed by atoms with Gasteiger partial charge in [-0.05, 0) is 29.2 Å². The number of aromatic nitrogens is 4. The molecule has 0 saturated heterocycles. The smallest absolute Gasteiger partial charge is 0.237 e. The molecule has 3 heterocycles. The van der Waals surface area contributed by atoms with E-state index in [-0.39, 0.29) is 11.2 Å². The number of hydrogen-bond acceptors (Lipinski definition) is 6. The molecule has 6 nitrogen and oxygen atoms in total. The Morgan fingerprint density at radius 3 is 3.37 bits per heavy atom. The maximum atomic E-state index is 12.2. The first kappa shape index (κ1) is 12.6. The van der Waals surface area contributed by atoms with E-state index in [0.29, 0.717) is 18.8 Å². The molecule has 1 atom stereocenters. The molecule has 1 aliphatic heterocycles. The van der Waals surface area contributed by atoms with Crippen LogP contribution in [0.15, 0.2) is 11.4 Å². The molecule has 2 N–H and O–H groups in total. The number of thioether (sulfide) groups is 1. The number of rotatable bonds is 4. The number of H-pyrrole nitrogens is 1. The molecular formula is C11H13N5OS2. The number of hydrogen-bond donors (Lipinski definition) is 2. The summed E-state index contributed by atoms with van der Waals surface area (Å²) in [7, 11) is 0. The number of fused-ring (bicyclic) bond motifs is 1. The fourth-order valence-electron chi connectivity index (χ4n) is 2.04. The van der Waals surface area contributed by atoms with Gasteiger partial charge in [0.05, 0.1) is 0 Å². The molecule has 0 radical (unpaired) electrons. The molecule has 0 bridgehead atoms. The molecule has 3 rings (SSSR count). The number of amides is 1. The van der Waals surface area contributed by atoms with Crippen LogP contribution in [0.25, 0.3) is 0 Å². The van der Waals surface area contributed by atoms with E-state index in [4.69, 9.17) is 0 Å². The van der Waals surface area contributed by atoms with Crippen molar-refractivity contribution in [3.05, 3.63) is 27.7 Å². The summed E-state index contributed by atoms with van der Waals surface area (Å²) in [4.78, 5) is 13.5. The molecule has 1 aliphatic rings.